The number of phenols is 1. The van der Waals surface area contributed by atoms with Crippen LogP contribution < -0.4 is 5.32 Å². The molecule has 0 saturated heterocycles. The summed E-state index contributed by atoms with van der Waals surface area (Å²) in [6, 6.07) is 4.61. The highest BCUT2D eigenvalue weighted by molar-refractivity contribution is 7.09. The standard InChI is InChI=1S/C13H15FN2OS/c1-2-11(13-15-5-6-18-13)16-8-9-3-4-12(17)10(14)7-9/h3-7,11,16-17H,2,8H2,1H3. The van der Waals surface area contributed by atoms with Crippen LogP contribution in [0.5, 0.6) is 5.75 Å². The predicted molar refractivity (Wildman–Crippen MR) is 70.1 cm³/mol. The third-order valence-electron chi connectivity index (χ3n) is 2.72. The van der Waals surface area contributed by atoms with Gasteiger partial charge in [0.1, 0.15) is 5.01 Å². The number of nitrogens with one attached hydrogen (secondary N) is 1. The lowest BCUT2D eigenvalue weighted by atomic mass is 10.1. The number of thiazole rings is 1. The van der Waals surface area contributed by atoms with E-state index in [9.17, 15) is 4.39 Å². The Labute approximate surface area is 109 Å². The second-order valence-electron chi connectivity index (χ2n) is 4.00. The van der Waals surface area contributed by atoms with Crippen molar-refractivity contribution in [3.63, 3.8) is 0 Å². The molecule has 0 aliphatic carbocycles. The summed E-state index contributed by atoms with van der Waals surface area (Å²) in [6.07, 6.45) is 2.71. The minimum absolute atomic E-state index is 0.182. The van der Waals surface area contributed by atoms with Gasteiger partial charge in [0.2, 0.25) is 0 Å². The van der Waals surface area contributed by atoms with E-state index in [1.165, 1.54) is 12.1 Å². The first-order chi connectivity index (χ1) is 8.70. The number of aromatic nitrogens is 1. The molecule has 96 valence electrons. The Bertz CT molecular complexity index is 502. The van der Waals surface area contributed by atoms with Crippen molar-refractivity contribution in [2.24, 2.45) is 0 Å². The number of hydrogen-bond acceptors (Lipinski definition) is 4. The van der Waals surface area contributed by atoms with E-state index in [-0.39, 0.29) is 11.8 Å². The summed E-state index contributed by atoms with van der Waals surface area (Å²) in [5.41, 5.74) is 0.806. The quantitative estimate of drug-likeness (QED) is 0.873. The van der Waals surface area contributed by atoms with Gasteiger partial charge in [-0.2, -0.15) is 0 Å². The van der Waals surface area contributed by atoms with E-state index >= 15 is 0 Å². The average molecular weight is 266 g/mol. The second-order valence-corrected chi connectivity index (χ2v) is 4.92. The second kappa shape index (κ2) is 5.93. The lowest BCUT2D eigenvalue weighted by Gasteiger charge is -2.14. The van der Waals surface area contributed by atoms with Crippen LogP contribution in [0.3, 0.4) is 0 Å². The number of phenolic OH excluding ortho intramolecular Hbond substituents is 1. The highest BCUT2D eigenvalue weighted by Gasteiger charge is 2.11. The normalized spacial score (nSPS) is 12.6. The lowest BCUT2D eigenvalue weighted by Crippen LogP contribution is -2.20. The highest BCUT2D eigenvalue weighted by Crippen LogP contribution is 2.20. The van der Waals surface area contributed by atoms with Crippen LogP contribution in [0, 0.1) is 5.82 Å². The zero-order valence-electron chi connectivity index (χ0n) is 10.1. The zero-order valence-corrected chi connectivity index (χ0v) is 10.9. The van der Waals surface area contributed by atoms with Gasteiger partial charge >= 0.3 is 0 Å². The molecule has 18 heavy (non-hydrogen) atoms. The Hall–Kier alpha value is -1.46. The van der Waals surface area contributed by atoms with Crippen molar-refractivity contribution in [2.75, 3.05) is 0 Å². The summed E-state index contributed by atoms with van der Waals surface area (Å²) in [6.45, 7) is 2.63. The molecule has 1 unspecified atom stereocenters. The summed E-state index contributed by atoms with van der Waals surface area (Å²) in [7, 11) is 0. The Morgan fingerprint density at radius 1 is 1.50 bits per heavy atom. The van der Waals surface area contributed by atoms with E-state index in [4.69, 9.17) is 5.11 Å². The van der Waals surface area contributed by atoms with Crippen molar-refractivity contribution < 1.29 is 9.50 Å². The monoisotopic (exact) mass is 266 g/mol. The number of hydrogen-bond donors (Lipinski definition) is 2. The molecule has 1 atom stereocenters. The topological polar surface area (TPSA) is 45.1 Å². The highest BCUT2D eigenvalue weighted by atomic mass is 32.1. The van der Waals surface area contributed by atoms with E-state index in [1.54, 1.807) is 23.6 Å². The largest absolute Gasteiger partial charge is 0.505 e. The van der Waals surface area contributed by atoms with Crippen LogP contribution in [0.4, 0.5) is 4.39 Å². The lowest BCUT2D eigenvalue weighted by molar-refractivity contribution is 0.431. The van der Waals surface area contributed by atoms with Crippen LogP contribution in [0.25, 0.3) is 0 Å². The molecule has 2 aromatic rings. The van der Waals surface area contributed by atoms with E-state index < -0.39 is 5.82 Å². The van der Waals surface area contributed by atoms with Gasteiger partial charge in [-0.3, -0.25) is 0 Å². The van der Waals surface area contributed by atoms with Gasteiger partial charge in [0.25, 0.3) is 0 Å². The Kier molecular flexibility index (Phi) is 4.28. The van der Waals surface area contributed by atoms with Crippen molar-refractivity contribution >= 4 is 11.3 Å². The van der Waals surface area contributed by atoms with Gasteiger partial charge in [0.05, 0.1) is 6.04 Å². The van der Waals surface area contributed by atoms with Gasteiger partial charge in [-0.1, -0.05) is 13.0 Å². The van der Waals surface area contributed by atoms with Crippen LogP contribution in [0.2, 0.25) is 0 Å². The minimum Gasteiger partial charge on any atom is -0.505 e. The first-order valence-corrected chi connectivity index (χ1v) is 6.69. The molecule has 0 amide bonds. The average Bonchev–Trinajstić information content (AvgIpc) is 2.88. The first-order valence-electron chi connectivity index (χ1n) is 5.81. The summed E-state index contributed by atoms with van der Waals surface area (Å²) < 4.78 is 13.2. The fraction of sp³-hybridized carbons (Fsp3) is 0.308. The zero-order chi connectivity index (χ0) is 13.0. The molecule has 0 saturated carbocycles. The van der Waals surface area contributed by atoms with Gasteiger partial charge < -0.3 is 10.4 Å². The maximum Gasteiger partial charge on any atom is 0.165 e. The van der Waals surface area contributed by atoms with Crippen molar-refractivity contribution in [3.8, 4) is 5.75 Å². The molecule has 0 fully saturated rings. The Balaban J connectivity index is 1.99. The molecule has 5 heteroatoms. The molecule has 2 rings (SSSR count). The van der Waals surface area contributed by atoms with Crippen molar-refractivity contribution in [3.05, 3.63) is 46.2 Å². The summed E-state index contributed by atoms with van der Waals surface area (Å²) in [5, 5.41) is 15.4. The fourth-order valence-corrected chi connectivity index (χ4v) is 2.51. The molecular formula is C13H15FN2OS. The number of rotatable bonds is 5. The SMILES string of the molecule is CCC(NCc1ccc(O)c(F)c1)c1nccs1. The molecule has 1 heterocycles. The van der Waals surface area contributed by atoms with Gasteiger partial charge in [-0.05, 0) is 24.1 Å². The molecule has 0 radical (unpaired) electrons. The molecule has 2 N–H and O–H groups in total. The third kappa shape index (κ3) is 3.05. The van der Waals surface area contributed by atoms with Crippen LogP contribution in [0.15, 0.2) is 29.8 Å². The maximum absolute atomic E-state index is 13.2. The first kappa shape index (κ1) is 13.0. The summed E-state index contributed by atoms with van der Waals surface area (Å²) in [4.78, 5) is 4.27. The van der Waals surface area contributed by atoms with E-state index in [1.807, 2.05) is 5.38 Å². The molecule has 1 aromatic heterocycles. The van der Waals surface area contributed by atoms with Gasteiger partial charge in [-0.15, -0.1) is 11.3 Å². The maximum atomic E-state index is 13.2. The van der Waals surface area contributed by atoms with Crippen molar-refractivity contribution in [1.29, 1.82) is 0 Å². The number of halogens is 1. The van der Waals surface area contributed by atoms with Gasteiger partial charge in [0.15, 0.2) is 11.6 Å². The van der Waals surface area contributed by atoms with Crippen LogP contribution in [-0.4, -0.2) is 10.1 Å². The molecule has 0 spiro atoms. The van der Waals surface area contributed by atoms with Gasteiger partial charge in [0, 0.05) is 18.1 Å². The number of aromatic hydroxyl groups is 1. The van der Waals surface area contributed by atoms with E-state index in [0.717, 1.165) is 17.0 Å². The molecule has 0 aliphatic heterocycles. The Morgan fingerprint density at radius 2 is 2.33 bits per heavy atom. The Morgan fingerprint density at radius 3 is 2.94 bits per heavy atom. The summed E-state index contributed by atoms with van der Waals surface area (Å²) >= 11 is 1.61. The fourth-order valence-electron chi connectivity index (χ4n) is 1.71. The van der Waals surface area contributed by atoms with Gasteiger partial charge in [-0.25, -0.2) is 9.37 Å². The molecular weight excluding hydrogens is 251 g/mol. The summed E-state index contributed by atoms with van der Waals surface area (Å²) in [5.74, 6) is -0.901. The molecule has 0 aliphatic rings. The predicted octanol–water partition coefficient (Wildman–Crippen LogP) is 3.23. The van der Waals surface area contributed by atoms with Crippen LogP contribution >= 0.6 is 11.3 Å². The van der Waals surface area contributed by atoms with E-state index in [2.05, 4.69) is 17.2 Å². The smallest absolute Gasteiger partial charge is 0.165 e. The minimum atomic E-state index is -0.586. The van der Waals surface area contributed by atoms with Crippen LogP contribution in [-0.2, 0) is 6.54 Å². The van der Waals surface area contributed by atoms with E-state index in [0.29, 0.717) is 6.54 Å². The molecule has 1 aromatic carbocycles. The number of benzene rings is 1. The van der Waals surface area contributed by atoms with Crippen molar-refractivity contribution in [2.45, 2.75) is 25.9 Å². The third-order valence-corrected chi connectivity index (χ3v) is 3.61. The van der Waals surface area contributed by atoms with Crippen molar-refractivity contribution in [1.82, 2.24) is 10.3 Å². The molecule has 3 nitrogen and oxygen atoms in total. The number of nitrogens with zero attached hydrogens (tertiary/aromatic N) is 1. The van der Waals surface area contributed by atoms with Crippen LogP contribution in [0.1, 0.15) is 30.0 Å². The molecule has 0 bridgehead atoms.